The summed E-state index contributed by atoms with van der Waals surface area (Å²) in [5.41, 5.74) is 2.46. The number of nitrogens with one attached hydrogen (secondary N) is 1. The predicted octanol–water partition coefficient (Wildman–Crippen LogP) is 5.50. The quantitative estimate of drug-likeness (QED) is 0.427. The molecule has 1 amide bonds. The maximum Gasteiger partial charge on any atom is 0.410 e. The Hall–Kier alpha value is -2.64. The lowest BCUT2D eigenvalue weighted by atomic mass is 9.88. The average molecular weight is 537 g/mol. The van der Waals surface area contributed by atoms with Crippen molar-refractivity contribution >= 4 is 23.4 Å². The summed E-state index contributed by atoms with van der Waals surface area (Å²) in [6.07, 6.45) is 5.02. The Morgan fingerprint density at radius 1 is 1.03 bits per heavy atom. The smallest absolute Gasteiger partial charge is 0.410 e. The van der Waals surface area contributed by atoms with E-state index in [2.05, 4.69) is 59.4 Å². The average Bonchev–Trinajstić information content (AvgIpc) is 3.39. The van der Waals surface area contributed by atoms with E-state index in [1.165, 1.54) is 5.56 Å². The molecule has 3 unspecified atom stereocenters. The SMILES string of the molecule is CCCN(C(=O)OCc1ccccc1)C1CCN(CC2CC(N(C)C(=S)NC)CC2c2ccccc2)CC1. The number of rotatable bonds is 9. The van der Waals surface area contributed by atoms with Gasteiger partial charge in [0.1, 0.15) is 6.61 Å². The molecule has 1 saturated heterocycles. The van der Waals surface area contributed by atoms with Gasteiger partial charge in [-0.05, 0) is 67.3 Å². The summed E-state index contributed by atoms with van der Waals surface area (Å²) in [5, 5.41) is 3.97. The second-order valence-corrected chi connectivity index (χ2v) is 11.2. The number of amides is 1. The van der Waals surface area contributed by atoms with Crippen molar-refractivity contribution in [3.8, 4) is 0 Å². The van der Waals surface area contributed by atoms with Crippen LogP contribution in [0.3, 0.4) is 0 Å². The van der Waals surface area contributed by atoms with Gasteiger partial charge in [0.25, 0.3) is 0 Å². The number of carbonyl (C=O) groups excluding carboxylic acids is 1. The van der Waals surface area contributed by atoms with Crippen LogP contribution >= 0.6 is 12.2 Å². The number of hydrogen-bond acceptors (Lipinski definition) is 4. The monoisotopic (exact) mass is 536 g/mol. The van der Waals surface area contributed by atoms with Gasteiger partial charge in [-0.25, -0.2) is 4.79 Å². The van der Waals surface area contributed by atoms with Crippen molar-refractivity contribution in [2.45, 2.75) is 63.6 Å². The Balaban J connectivity index is 1.34. The van der Waals surface area contributed by atoms with Crippen LogP contribution in [0.2, 0.25) is 0 Å². The second-order valence-electron chi connectivity index (χ2n) is 10.8. The molecule has 6 nitrogen and oxygen atoms in total. The molecule has 1 saturated carbocycles. The third-order valence-electron chi connectivity index (χ3n) is 8.37. The third-order valence-corrected chi connectivity index (χ3v) is 8.87. The van der Waals surface area contributed by atoms with Gasteiger partial charge in [0.15, 0.2) is 5.11 Å². The van der Waals surface area contributed by atoms with E-state index in [1.54, 1.807) is 0 Å². The molecular weight excluding hydrogens is 492 g/mol. The molecule has 2 aromatic carbocycles. The Kier molecular flexibility index (Phi) is 10.4. The number of nitrogens with zero attached hydrogens (tertiary/aromatic N) is 3. The number of thiocarbonyl (C=S) groups is 1. The number of hydrogen-bond donors (Lipinski definition) is 1. The lowest BCUT2D eigenvalue weighted by Crippen LogP contribution is -2.48. The third kappa shape index (κ3) is 7.26. The summed E-state index contributed by atoms with van der Waals surface area (Å²) < 4.78 is 5.71. The van der Waals surface area contributed by atoms with E-state index >= 15 is 0 Å². The molecule has 7 heteroatoms. The molecule has 2 aliphatic rings. The molecule has 1 heterocycles. The second kappa shape index (κ2) is 13.9. The maximum absolute atomic E-state index is 13.0. The predicted molar refractivity (Wildman–Crippen MR) is 158 cm³/mol. The van der Waals surface area contributed by atoms with E-state index in [9.17, 15) is 4.79 Å². The standard InChI is InChI=1S/C31H44N4O2S/c1-4-17-35(31(36)37-23-24-11-7-5-8-12-24)27-15-18-34(19-16-27)22-26-20-28(33(3)30(38)32-2)21-29(26)25-13-9-6-10-14-25/h5-14,26-29H,4,15-23H2,1-3H3,(H,32,38). The largest absolute Gasteiger partial charge is 0.445 e. The van der Waals surface area contributed by atoms with Crippen molar-refractivity contribution in [1.29, 1.82) is 0 Å². The number of likely N-dealkylation sites (tertiary alicyclic amines) is 1. The van der Waals surface area contributed by atoms with Crippen LogP contribution in [-0.4, -0.2) is 78.3 Å². The number of piperidine rings is 1. The minimum Gasteiger partial charge on any atom is -0.445 e. The molecule has 0 bridgehead atoms. The first-order valence-corrected chi connectivity index (χ1v) is 14.6. The fourth-order valence-electron chi connectivity index (χ4n) is 6.28. The van der Waals surface area contributed by atoms with Crippen LogP contribution < -0.4 is 5.32 Å². The van der Waals surface area contributed by atoms with Crippen LogP contribution in [0, 0.1) is 5.92 Å². The summed E-state index contributed by atoms with van der Waals surface area (Å²) in [7, 11) is 4.03. The summed E-state index contributed by atoms with van der Waals surface area (Å²) in [6, 6.07) is 21.6. The molecular formula is C31H44N4O2S. The molecule has 2 fully saturated rings. The van der Waals surface area contributed by atoms with Gasteiger partial charge in [0, 0.05) is 52.4 Å². The highest BCUT2D eigenvalue weighted by molar-refractivity contribution is 7.80. The summed E-state index contributed by atoms with van der Waals surface area (Å²) in [5.74, 6) is 1.12. The van der Waals surface area contributed by atoms with Crippen LogP contribution in [0.15, 0.2) is 60.7 Å². The van der Waals surface area contributed by atoms with Gasteiger partial charge in [-0.1, -0.05) is 67.6 Å². The normalized spacial score (nSPS) is 22.1. The Morgan fingerprint density at radius 3 is 2.32 bits per heavy atom. The molecule has 38 heavy (non-hydrogen) atoms. The van der Waals surface area contributed by atoms with Crippen LogP contribution in [-0.2, 0) is 11.3 Å². The molecule has 0 spiro atoms. The maximum atomic E-state index is 13.0. The zero-order valence-corrected chi connectivity index (χ0v) is 24.0. The summed E-state index contributed by atoms with van der Waals surface area (Å²) in [6.45, 7) is 6.33. The van der Waals surface area contributed by atoms with E-state index in [1.807, 2.05) is 42.3 Å². The Labute approximate surface area is 234 Å². The zero-order chi connectivity index (χ0) is 26.9. The van der Waals surface area contributed by atoms with E-state index in [0.29, 0.717) is 24.5 Å². The molecule has 0 aromatic heterocycles. The Bertz CT molecular complexity index is 1010. The van der Waals surface area contributed by atoms with E-state index in [4.69, 9.17) is 17.0 Å². The van der Waals surface area contributed by atoms with Gasteiger partial charge in [-0.2, -0.15) is 0 Å². The lowest BCUT2D eigenvalue weighted by molar-refractivity contribution is 0.0577. The van der Waals surface area contributed by atoms with E-state index in [0.717, 1.165) is 69.0 Å². The summed E-state index contributed by atoms with van der Waals surface area (Å²) >= 11 is 5.56. The van der Waals surface area contributed by atoms with Crippen LogP contribution in [0.4, 0.5) is 4.79 Å². The van der Waals surface area contributed by atoms with Crippen molar-refractivity contribution < 1.29 is 9.53 Å². The van der Waals surface area contributed by atoms with Crippen LogP contribution in [0.5, 0.6) is 0 Å². The first-order valence-electron chi connectivity index (χ1n) is 14.2. The molecule has 3 atom stereocenters. The number of ether oxygens (including phenoxy) is 1. The molecule has 2 aromatic rings. The summed E-state index contributed by atoms with van der Waals surface area (Å²) in [4.78, 5) is 19.9. The van der Waals surface area contributed by atoms with Crippen LogP contribution in [0.25, 0.3) is 0 Å². The Morgan fingerprint density at radius 2 is 1.68 bits per heavy atom. The minimum absolute atomic E-state index is 0.180. The topological polar surface area (TPSA) is 48.1 Å². The number of benzene rings is 2. The fraction of sp³-hybridized carbons (Fsp3) is 0.548. The van der Waals surface area contributed by atoms with Gasteiger partial charge in [0.2, 0.25) is 0 Å². The van der Waals surface area contributed by atoms with Crippen LogP contribution in [0.1, 0.15) is 56.1 Å². The molecule has 4 rings (SSSR count). The molecule has 1 N–H and O–H groups in total. The first kappa shape index (κ1) is 28.4. The highest BCUT2D eigenvalue weighted by Gasteiger charge is 2.39. The van der Waals surface area contributed by atoms with Gasteiger partial charge in [-0.15, -0.1) is 0 Å². The van der Waals surface area contributed by atoms with E-state index < -0.39 is 0 Å². The first-order chi connectivity index (χ1) is 18.5. The highest BCUT2D eigenvalue weighted by atomic mass is 32.1. The van der Waals surface area contributed by atoms with Crippen molar-refractivity contribution in [3.05, 3.63) is 71.8 Å². The van der Waals surface area contributed by atoms with Gasteiger partial charge in [0.05, 0.1) is 0 Å². The van der Waals surface area contributed by atoms with E-state index in [-0.39, 0.29) is 12.1 Å². The molecule has 1 aliphatic heterocycles. The minimum atomic E-state index is -0.180. The van der Waals surface area contributed by atoms with Crippen molar-refractivity contribution in [1.82, 2.24) is 20.0 Å². The van der Waals surface area contributed by atoms with Gasteiger partial charge < -0.3 is 24.8 Å². The lowest BCUT2D eigenvalue weighted by Gasteiger charge is -2.39. The van der Waals surface area contributed by atoms with Crippen molar-refractivity contribution in [3.63, 3.8) is 0 Å². The zero-order valence-electron chi connectivity index (χ0n) is 23.2. The van der Waals surface area contributed by atoms with Gasteiger partial charge >= 0.3 is 6.09 Å². The van der Waals surface area contributed by atoms with Gasteiger partial charge in [-0.3, -0.25) is 0 Å². The fourth-order valence-corrected chi connectivity index (χ4v) is 6.42. The molecule has 1 aliphatic carbocycles. The molecule has 0 radical (unpaired) electrons. The number of carbonyl (C=O) groups is 1. The molecule has 206 valence electrons. The van der Waals surface area contributed by atoms with Crippen molar-refractivity contribution in [2.24, 2.45) is 5.92 Å². The highest BCUT2D eigenvalue weighted by Crippen LogP contribution is 2.42. The van der Waals surface area contributed by atoms with Crippen molar-refractivity contribution in [2.75, 3.05) is 40.3 Å².